The number of likely N-dealkylation sites (tertiary alicyclic amines) is 1. The molecule has 0 radical (unpaired) electrons. The molecule has 27 heavy (non-hydrogen) atoms. The van der Waals surface area contributed by atoms with Crippen LogP contribution in [0, 0.1) is 5.92 Å². The van der Waals surface area contributed by atoms with E-state index in [0.29, 0.717) is 24.1 Å². The zero-order valence-corrected chi connectivity index (χ0v) is 15.1. The Hall–Kier alpha value is -1.80. The Balaban J connectivity index is 1.40. The van der Waals surface area contributed by atoms with Crippen LogP contribution in [0.4, 0.5) is 13.2 Å². The van der Waals surface area contributed by atoms with Gasteiger partial charge in [0.25, 0.3) is 5.91 Å². The number of benzene rings is 1. The first-order chi connectivity index (χ1) is 12.9. The fraction of sp³-hybridized carbons (Fsp3) is 0.632. The Morgan fingerprint density at radius 3 is 2.33 bits per heavy atom. The van der Waals surface area contributed by atoms with Gasteiger partial charge in [-0.3, -0.25) is 4.79 Å². The van der Waals surface area contributed by atoms with Gasteiger partial charge in [0.15, 0.2) is 0 Å². The molecule has 8 heteroatoms. The van der Waals surface area contributed by atoms with Crippen LogP contribution in [-0.4, -0.2) is 56.1 Å². The molecule has 0 atom stereocenters. The van der Waals surface area contributed by atoms with Crippen LogP contribution in [0.2, 0.25) is 0 Å². The maximum atomic E-state index is 12.2. The predicted octanol–water partition coefficient (Wildman–Crippen LogP) is 3.21. The Kier molecular flexibility index (Phi) is 6.59. The molecule has 0 spiro atoms. The first kappa shape index (κ1) is 19.9. The molecule has 1 N–H and O–H groups in total. The second kappa shape index (κ2) is 8.93. The summed E-state index contributed by atoms with van der Waals surface area (Å²) in [7, 11) is 0. The highest BCUT2D eigenvalue weighted by molar-refractivity contribution is 5.94. The molecular weight excluding hydrogens is 361 g/mol. The number of alkyl halides is 3. The van der Waals surface area contributed by atoms with Crippen molar-refractivity contribution in [1.82, 2.24) is 10.2 Å². The van der Waals surface area contributed by atoms with Crippen molar-refractivity contribution in [3.63, 3.8) is 0 Å². The van der Waals surface area contributed by atoms with Crippen LogP contribution < -0.4 is 10.1 Å². The molecule has 0 aromatic heterocycles. The van der Waals surface area contributed by atoms with Gasteiger partial charge in [-0.2, -0.15) is 0 Å². The topological polar surface area (TPSA) is 50.8 Å². The van der Waals surface area contributed by atoms with Gasteiger partial charge < -0.3 is 19.7 Å². The second-order valence-electron chi connectivity index (χ2n) is 7.11. The van der Waals surface area contributed by atoms with Gasteiger partial charge >= 0.3 is 6.36 Å². The third-order valence-corrected chi connectivity index (χ3v) is 5.26. The van der Waals surface area contributed by atoms with Crippen LogP contribution in [0.1, 0.15) is 36.0 Å². The predicted molar refractivity (Wildman–Crippen MR) is 93.6 cm³/mol. The van der Waals surface area contributed by atoms with Crippen molar-refractivity contribution in [2.24, 2.45) is 5.92 Å². The van der Waals surface area contributed by atoms with Crippen molar-refractivity contribution < 1.29 is 27.4 Å². The number of hydrogen-bond acceptors (Lipinski definition) is 4. The Morgan fingerprint density at radius 1 is 1.11 bits per heavy atom. The highest BCUT2D eigenvalue weighted by Crippen LogP contribution is 2.24. The molecule has 1 aromatic rings. The van der Waals surface area contributed by atoms with Crippen molar-refractivity contribution in [2.75, 3.05) is 32.8 Å². The molecule has 150 valence electrons. The van der Waals surface area contributed by atoms with E-state index in [-0.39, 0.29) is 11.7 Å². The van der Waals surface area contributed by atoms with Crippen LogP contribution in [0.5, 0.6) is 5.75 Å². The molecular formula is C19H25F3N2O3. The second-order valence-corrected chi connectivity index (χ2v) is 7.11. The fourth-order valence-corrected chi connectivity index (χ4v) is 3.72. The average molecular weight is 386 g/mol. The number of ether oxygens (including phenoxy) is 2. The molecule has 2 aliphatic rings. The highest BCUT2D eigenvalue weighted by atomic mass is 19.4. The molecule has 5 nitrogen and oxygen atoms in total. The lowest BCUT2D eigenvalue weighted by Crippen LogP contribution is -2.45. The smallest absolute Gasteiger partial charge is 0.406 e. The minimum absolute atomic E-state index is 0.277. The normalized spacial score (nSPS) is 20.4. The van der Waals surface area contributed by atoms with Crippen LogP contribution >= 0.6 is 0 Å². The highest BCUT2D eigenvalue weighted by Gasteiger charge is 2.31. The number of hydrogen-bond donors (Lipinski definition) is 1. The fourth-order valence-electron chi connectivity index (χ4n) is 3.72. The van der Waals surface area contributed by atoms with Crippen molar-refractivity contribution in [2.45, 2.75) is 38.1 Å². The van der Waals surface area contributed by atoms with Gasteiger partial charge in [-0.25, -0.2) is 0 Å². The van der Waals surface area contributed by atoms with Gasteiger partial charge in [0.05, 0.1) is 0 Å². The number of amides is 1. The molecule has 1 amide bonds. The zero-order valence-electron chi connectivity index (χ0n) is 15.1. The molecule has 0 bridgehead atoms. The monoisotopic (exact) mass is 386 g/mol. The van der Waals surface area contributed by atoms with Crippen molar-refractivity contribution in [3.8, 4) is 5.75 Å². The first-order valence-electron chi connectivity index (χ1n) is 9.36. The van der Waals surface area contributed by atoms with Crippen LogP contribution in [0.25, 0.3) is 0 Å². The quantitative estimate of drug-likeness (QED) is 0.844. The lowest BCUT2D eigenvalue weighted by Gasteiger charge is -2.39. The van der Waals surface area contributed by atoms with Gasteiger partial charge in [-0.15, -0.1) is 13.2 Å². The van der Waals surface area contributed by atoms with Gasteiger partial charge in [0.1, 0.15) is 5.75 Å². The van der Waals surface area contributed by atoms with E-state index in [1.807, 2.05) is 0 Å². The van der Waals surface area contributed by atoms with Crippen LogP contribution in [-0.2, 0) is 4.74 Å². The maximum Gasteiger partial charge on any atom is 0.573 e. The third kappa shape index (κ3) is 6.10. The summed E-state index contributed by atoms with van der Waals surface area (Å²) in [6, 6.07) is 5.59. The summed E-state index contributed by atoms with van der Waals surface area (Å²) in [5.41, 5.74) is 0.323. The first-order valence-corrected chi connectivity index (χ1v) is 9.36. The van der Waals surface area contributed by atoms with E-state index in [2.05, 4.69) is 15.0 Å². The molecule has 2 saturated heterocycles. The molecule has 0 unspecified atom stereocenters. The number of nitrogens with zero attached hydrogens (tertiary/aromatic N) is 1. The lowest BCUT2D eigenvalue weighted by atomic mass is 9.94. The third-order valence-electron chi connectivity index (χ3n) is 5.26. The molecule has 0 aliphatic carbocycles. The summed E-state index contributed by atoms with van der Waals surface area (Å²) in [5.74, 6) is -0.183. The van der Waals surface area contributed by atoms with Crippen LogP contribution in [0.15, 0.2) is 24.3 Å². The van der Waals surface area contributed by atoms with Crippen molar-refractivity contribution in [3.05, 3.63) is 29.8 Å². The Morgan fingerprint density at radius 2 is 1.74 bits per heavy atom. The summed E-state index contributed by atoms with van der Waals surface area (Å²) in [6.07, 6.45) is -0.472. The summed E-state index contributed by atoms with van der Waals surface area (Å²) in [4.78, 5) is 14.7. The van der Waals surface area contributed by atoms with E-state index in [1.165, 1.54) is 12.1 Å². The SMILES string of the molecule is O=C(NCC1CCN(C2CCOCC2)CC1)c1ccc(OC(F)(F)F)cc1. The number of carbonyl (C=O) groups excluding carboxylic acids is 1. The van der Waals surface area contributed by atoms with E-state index in [1.54, 1.807) is 0 Å². The minimum Gasteiger partial charge on any atom is -0.406 e. The molecule has 0 saturated carbocycles. The van der Waals surface area contributed by atoms with E-state index in [4.69, 9.17) is 4.74 Å². The lowest BCUT2D eigenvalue weighted by molar-refractivity contribution is -0.274. The number of halogens is 3. The molecule has 2 aliphatic heterocycles. The minimum atomic E-state index is -4.73. The van der Waals surface area contributed by atoms with Crippen molar-refractivity contribution in [1.29, 1.82) is 0 Å². The molecule has 3 rings (SSSR count). The number of rotatable bonds is 5. The van der Waals surface area contributed by atoms with Crippen LogP contribution in [0.3, 0.4) is 0 Å². The molecule has 2 fully saturated rings. The average Bonchev–Trinajstić information content (AvgIpc) is 2.66. The number of carbonyl (C=O) groups is 1. The summed E-state index contributed by atoms with van der Waals surface area (Å²) in [5, 5.41) is 2.89. The number of nitrogens with one attached hydrogen (secondary N) is 1. The van der Waals surface area contributed by atoms with E-state index < -0.39 is 6.36 Å². The zero-order chi connectivity index (χ0) is 19.3. The van der Waals surface area contributed by atoms with Gasteiger partial charge in [0.2, 0.25) is 0 Å². The summed E-state index contributed by atoms with van der Waals surface area (Å²) < 4.78 is 45.7. The molecule has 2 heterocycles. The van der Waals surface area contributed by atoms with Crippen molar-refractivity contribution >= 4 is 5.91 Å². The summed E-state index contributed by atoms with van der Waals surface area (Å²) >= 11 is 0. The van der Waals surface area contributed by atoms with E-state index in [9.17, 15) is 18.0 Å². The van der Waals surface area contributed by atoms with Gasteiger partial charge in [-0.05, 0) is 69.0 Å². The maximum absolute atomic E-state index is 12.2. The Labute approximate surface area is 156 Å². The standard InChI is InChI=1S/C19H25F3N2O3/c20-19(21,22)27-17-3-1-15(2-4-17)18(25)23-13-14-5-9-24(10-6-14)16-7-11-26-12-8-16/h1-4,14,16H,5-13H2,(H,23,25). The Bertz CT molecular complexity index is 608. The van der Waals surface area contributed by atoms with E-state index >= 15 is 0 Å². The van der Waals surface area contributed by atoms with E-state index in [0.717, 1.165) is 64.1 Å². The van der Waals surface area contributed by atoms with Gasteiger partial charge in [-0.1, -0.05) is 0 Å². The number of piperidine rings is 1. The summed E-state index contributed by atoms with van der Waals surface area (Å²) in [6.45, 7) is 4.34. The molecule has 1 aromatic carbocycles. The largest absolute Gasteiger partial charge is 0.573 e. The van der Waals surface area contributed by atoms with Gasteiger partial charge in [0, 0.05) is 31.4 Å².